The third kappa shape index (κ3) is 5.89. The van der Waals surface area contributed by atoms with E-state index in [4.69, 9.17) is 33.0 Å². The predicted molar refractivity (Wildman–Crippen MR) is 115 cm³/mol. The fourth-order valence-electron chi connectivity index (χ4n) is 2.64. The van der Waals surface area contributed by atoms with Gasteiger partial charge in [0, 0.05) is 12.0 Å². The summed E-state index contributed by atoms with van der Waals surface area (Å²) in [6.07, 6.45) is 1.83. The lowest BCUT2D eigenvalue weighted by Crippen LogP contribution is -2.03. The van der Waals surface area contributed by atoms with Gasteiger partial charge in [-0.3, -0.25) is 0 Å². The van der Waals surface area contributed by atoms with Gasteiger partial charge in [0.05, 0.1) is 16.3 Å². The standard InChI is InChI=1S/C22H17Cl2NO5/c23-18-9-15(12-25-29-13-21(27)28)10-19(24)22(18)30-17-6-7-20(26)16(11-17)8-14-4-2-1-3-5-14/h1-7,9-12,26H,8,13H2,(H,27,28)/b25-12+. The number of halogens is 2. The molecule has 0 amide bonds. The predicted octanol–water partition coefficient (Wildman–Crippen LogP) is 5.52. The summed E-state index contributed by atoms with van der Waals surface area (Å²) in [6.45, 7) is -0.550. The number of benzene rings is 3. The maximum Gasteiger partial charge on any atom is 0.344 e. The zero-order valence-electron chi connectivity index (χ0n) is 15.6. The maximum atomic E-state index is 10.4. The Morgan fingerprint density at radius 3 is 2.40 bits per heavy atom. The molecule has 0 heterocycles. The van der Waals surface area contributed by atoms with Crippen LogP contribution < -0.4 is 4.74 Å². The minimum absolute atomic E-state index is 0.163. The Balaban J connectivity index is 1.77. The first-order valence-corrected chi connectivity index (χ1v) is 9.58. The van der Waals surface area contributed by atoms with Gasteiger partial charge in [0.15, 0.2) is 5.75 Å². The smallest absolute Gasteiger partial charge is 0.344 e. The zero-order valence-corrected chi connectivity index (χ0v) is 17.1. The average Bonchev–Trinajstić information content (AvgIpc) is 2.71. The minimum atomic E-state index is -1.13. The third-order valence-corrected chi connectivity index (χ3v) is 4.55. The maximum absolute atomic E-state index is 10.4. The van der Waals surface area contributed by atoms with E-state index in [-0.39, 0.29) is 21.5 Å². The quantitative estimate of drug-likeness (QED) is 0.352. The highest BCUT2D eigenvalue weighted by molar-refractivity contribution is 6.37. The minimum Gasteiger partial charge on any atom is -0.508 e. The monoisotopic (exact) mass is 445 g/mol. The highest BCUT2D eigenvalue weighted by Gasteiger charge is 2.12. The topological polar surface area (TPSA) is 88.4 Å². The van der Waals surface area contributed by atoms with E-state index in [1.165, 1.54) is 6.21 Å². The van der Waals surface area contributed by atoms with Crippen molar-refractivity contribution in [1.29, 1.82) is 0 Å². The highest BCUT2D eigenvalue weighted by Crippen LogP contribution is 2.38. The van der Waals surface area contributed by atoms with Crippen LogP contribution in [-0.4, -0.2) is 29.0 Å². The molecule has 0 aliphatic carbocycles. The average molecular weight is 446 g/mol. The van der Waals surface area contributed by atoms with Gasteiger partial charge in [0.25, 0.3) is 0 Å². The van der Waals surface area contributed by atoms with Crippen molar-refractivity contribution in [3.8, 4) is 17.2 Å². The van der Waals surface area contributed by atoms with E-state index in [9.17, 15) is 9.90 Å². The largest absolute Gasteiger partial charge is 0.508 e. The normalized spacial score (nSPS) is 10.9. The van der Waals surface area contributed by atoms with Crippen molar-refractivity contribution in [2.75, 3.05) is 6.61 Å². The molecule has 30 heavy (non-hydrogen) atoms. The second kappa shape index (κ2) is 10.0. The van der Waals surface area contributed by atoms with Crippen molar-refractivity contribution >= 4 is 35.4 Å². The van der Waals surface area contributed by atoms with Crippen LogP contribution in [0, 0.1) is 0 Å². The van der Waals surface area contributed by atoms with Crippen LogP contribution in [0.5, 0.6) is 17.2 Å². The first-order valence-electron chi connectivity index (χ1n) is 8.82. The molecule has 0 atom stereocenters. The van der Waals surface area contributed by atoms with Gasteiger partial charge in [-0.1, -0.05) is 58.7 Å². The molecule has 0 aliphatic rings. The van der Waals surface area contributed by atoms with Gasteiger partial charge < -0.3 is 19.8 Å². The lowest BCUT2D eigenvalue weighted by Gasteiger charge is -2.12. The summed E-state index contributed by atoms with van der Waals surface area (Å²) < 4.78 is 5.86. The number of rotatable bonds is 8. The van der Waals surface area contributed by atoms with Gasteiger partial charge in [-0.05, 0) is 41.5 Å². The van der Waals surface area contributed by atoms with Gasteiger partial charge in [0.1, 0.15) is 11.5 Å². The Morgan fingerprint density at radius 1 is 1.03 bits per heavy atom. The van der Waals surface area contributed by atoms with Crippen LogP contribution >= 0.6 is 23.2 Å². The number of oxime groups is 1. The van der Waals surface area contributed by atoms with Crippen LogP contribution in [-0.2, 0) is 16.1 Å². The van der Waals surface area contributed by atoms with Gasteiger partial charge in [-0.2, -0.15) is 0 Å². The molecule has 8 heteroatoms. The lowest BCUT2D eigenvalue weighted by atomic mass is 10.0. The van der Waals surface area contributed by atoms with E-state index >= 15 is 0 Å². The number of carboxylic acid groups (broad SMARTS) is 1. The van der Waals surface area contributed by atoms with E-state index in [1.54, 1.807) is 30.3 Å². The van der Waals surface area contributed by atoms with E-state index in [2.05, 4.69) is 9.99 Å². The summed E-state index contributed by atoms with van der Waals surface area (Å²) >= 11 is 12.6. The highest BCUT2D eigenvalue weighted by atomic mass is 35.5. The summed E-state index contributed by atoms with van der Waals surface area (Å²) in [7, 11) is 0. The van der Waals surface area contributed by atoms with E-state index < -0.39 is 12.6 Å². The first-order chi connectivity index (χ1) is 14.4. The zero-order chi connectivity index (χ0) is 21.5. The number of phenolic OH excluding ortho intramolecular Hbond substituents is 1. The van der Waals surface area contributed by atoms with Crippen LogP contribution in [0.1, 0.15) is 16.7 Å². The molecule has 3 rings (SSSR count). The summed E-state index contributed by atoms with van der Waals surface area (Å²) in [5.74, 6) is -0.254. The summed E-state index contributed by atoms with van der Waals surface area (Å²) in [5.41, 5.74) is 2.26. The van der Waals surface area contributed by atoms with Gasteiger partial charge in [-0.25, -0.2) is 4.79 Å². The lowest BCUT2D eigenvalue weighted by molar-refractivity contribution is -0.142. The summed E-state index contributed by atoms with van der Waals surface area (Å²) in [6, 6.07) is 17.8. The summed E-state index contributed by atoms with van der Waals surface area (Å²) in [4.78, 5) is 15.0. The Bertz CT molecular complexity index is 1050. The van der Waals surface area contributed by atoms with Crippen LogP contribution in [0.15, 0.2) is 65.8 Å². The molecule has 0 aliphatic heterocycles. The number of ether oxygens (including phenoxy) is 1. The van der Waals surface area contributed by atoms with Crippen molar-refractivity contribution in [3.05, 3.63) is 87.4 Å². The van der Waals surface area contributed by atoms with Crippen molar-refractivity contribution < 1.29 is 24.6 Å². The van der Waals surface area contributed by atoms with E-state index in [0.29, 0.717) is 23.3 Å². The van der Waals surface area contributed by atoms with Gasteiger partial charge >= 0.3 is 5.97 Å². The van der Waals surface area contributed by atoms with Crippen molar-refractivity contribution in [2.24, 2.45) is 5.16 Å². The van der Waals surface area contributed by atoms with Crippen molar-refractivity contribution in [2.45, 2.75) is 6.42 Å². The van der Waals surface area contributed by atoms with Crippen LogP contribution in [0.3, 0.4) is 0 Å². The molecule has 0 fully saturated rings. The number of carbonyl (C=O) groups is 1. The van der Waals surface area contributed by atoms with Crippen molar-refractivity contribution in [1.82, 2.24) is 0 Å². The van der Waals surface area contributed by atoms with Gasteiger partial charge in [-0.15, -0.1) is 0 Å². The molecule has 0 radical (unpaired) electrons. The summed E-state index contributed by atoms with van der Waals surface area (Å²) in [5, 5.41) is 22.7. The Morgan fingerprint density at radius 2 is 1.73 bits per heavy atom. The fraction of sp³-hybridized carbons (Fsp3) is 0.0909. The number of aromatic hydroxyl groups is 1. The molecule has 0 saturated heterocycles. The molecule has 3 aromatic carbocycles. The molecule has 0 saturated carbocycles. The molecule has 2 N–H and O–H groups in total. The number of hydrogen-bond acceptors (Lipinski definition) is 5. The number of nitrogens with zero attached hydrogens (tertiary/aromatic N) is 1. The molecular formula is C22H17Cl2NO5. The molecule has 3 aromatic rings. The van der Waals surface area contributed by atoms with Crippen LogP contribution in [0.25, 0.3) is 0 Å². The van der Waals surface area contributed by atoms with E-state index in [1.807, 2.05) is 30.3 Å². The SMILES string of the molecule is O=C(O)CO/N=C/c1cc(Cl)c(Oc2ccc(O)c(Cc3ccccc3)c2)c(Cl)c1. The van der Waals surface area contributed by atoms with E-state index in [0.717, 1.165) is 5.56 Å². The Labute approximate surface area is 182 Å². The number of carboxylic acids is 1. The molecule has 6 nitrogen and oxygen atoms in total. The fourth-order valence-corrected chi connectivity index (χ4v) is 3.22. The first kappa shape index (κ1) is 21.5. The van der Waals surface area contributed by atoms with Crippen molar-refractivity contribution in [3.63, 3.8) is 0 Å². The van der Waals surface area contributed by atoms with Crippen LogP contribution in [0.2, 0.25) is 10.0 Å². The molecule has 154 valence electrons. The second-order valence-corrected chi connectivity index (χ2v) is 7.08. The molecule has 0 unspecified atom stereocenters. The van der Waals surface area contributed by atoms with Gasteiger partial charge in [0.2, 0.25) is 6.61 Å². The molecule has 0 aromatic heterocycles. The Hall–Kier alpha value is -3.22. The number of phenols is 1. The second-order valence-electron chi connectivity index (χ2n) is 6.27. The third-order valence-electron chi connectivity index (χ3n) is 3.99. The number of aliphatic carboxylic acids is 1. The van der Waals surface area contributed by atoms with Crippen LogP contribution in [0.4, 0.5) is 0 Å². The molecular weight excluding hydrogens is 429 g/mol. The number of hydrogen-bond donors (Lipinski definition) is 2. The molecule has 0 spiro atoms. The Kier molecular flexibility index (Phi) is 7.17. The molecule has 0 bridgehead atoms.